The van der Waals surface area contributed by atoms with E-state index in [2.05, 4.69) is 5.32 Å². The largest absolute Gasteiger partial charge is 0.339 e. The Kier molecular flexibility index (Phi) is 6.31. The Morgan fingerprint density at radius 2 is 1.30 bits per heavy atom. The van der Waals surface area contributed by atoms with Crippen molar-refractivity contribution in [1.29, 1.82) is 0 Å². The molecule has 1 N–H and O–H groups in total. The van der Waals surface area contributed by atoms with E-state index in [1.807, 2.05) is 30.6 Å². The Morgan fingerprint density at radius 1 is 0.826 bits per heavy atom. The number of carbonyl (C=O) groups is 2. The van der Waals surface area contributed by atoms with Gasteiger partial charge in [-0.05, 0) is 12.8 Å². The number of amides is 3. The summed E-state index contributed by atoms with van der Waals surface area (Å²) in [5.41, 5.74) is -0.344. The van der Waals surface area contributed by atoms with Crippen LogP contribution in [0.5, 0.6) is 0 Å². The first-order valence-electron chi connectivity index (χ1n) is 9.23. The molecule has 5 nitrogen and oxygen atoms in total. The fourth-order valence-corrected chi connectivity index (χ4v) is 3.45. The minimum atomic E-state index is -0.344. The van der Waals surface area contributed by atoms with E-state index in [1.165, 1.54) is 32.1 Å². The van der Waals surface area contributed by atoms with Crippen molar-refractivity contribution in [3.8, 4) is 0 Å². The molecule has 2 rings (SSSR count). The van der Waals surface area contributed by atoms with Gasteiger partial charge in [0, 0.05) is 37.6 Å². The normalized spacial score (nSPS) is 21.5. The molecule has 0 unspecified atom stereocenters. The second kappa shape index (κ2) is 8.02. The number of hydrogen-bond donors (Lipinski definition) is 1. The van der Waals surface area contributed by atoms with Crippen LogP contribution < -0.4 is 5.32 Å². The second-order valence-corrected chi connectivity index (χ2v) is 8.02. The maximum Gasteiger partial charge on any atom is 0.317 e. The lowest BCUT2D eigenvalue weighted by Crippen LogP contribution is -2.56. The molecule has 5 heteroatoms. The SMILES string of the molecule is CC(C)(C)C(=O)N1CCN(C(=O)NC2CCCCCCC2)CC1. The average Bonchev–Trinajstić information content (AvgIpc) is 2.48. The van der Waals surface area contributed by atoms with Gasteiger partial charge >= 0.3 is 6.03 Å². The zero-order valence-electron chi connectivity index (χ0n) is 15.1. The number of carbonyl (C=O) groups excluding carboxylic acids is 2. The van der Waals surface area contributed by atoms with E-state index in [0.717, 1.165) is 12.8 Å². The van der Waals surface area contributed by atoms with Crippen LogP contribution in [-0.2, 0) is 4.79 Å². The Morgan fingerprint density at radius 3 is 1.83 bits per heavy atom. The third-order valence-electron chi connectivity index (χ3n) is 4.93. The minimum absolute atomic E-state index is 0.0541. The molecule has 0 aromatic rings. The van der Waals surface area contributed by atoms with Gasteiger partial charge in [-0.25, -0.2) is 4.79 Å². The molecule has 1 saturated carbocycles. The summed E-state index contributed by atoms with van der Waals surface area (Å²) in [6.45, 7) is 8.41. The zero-order chi connectivity index (χ0) is 16.9. The van der Waals surface area contributed by atoms with Crippen LogP contribution in [0.15, 0.2) is 0 Å². The summed E-state index contributed by atoms with van der Waals surface area (Å²) < 4.78 is 0. The highest BCUT2D eigenvalue weighted by Crippen LogP contribution is 2.19. The molecule has 23 heavy (non-hydrogen) atoms. The molecule has 1 aliphatic heterocycles. The van der Waals surface area contributed by atoms with Gasteiger partial charge in [-0.1, -0.05) is 52.9 Å². The number of urea groups is 1. The van der Waals surface area contributed by atoms with E-state index < -0.39 is 0 Å². The molecule has 0 atom stereocenters. The van der Waals surface area contributed by atoms with Crippen molar-refractivity contribution in [2.75, 3.05) is 26.2 Å². The summed E-state index contributed by atoms with van der Waals surface area (Å²) in [5.74, 6) is 0.178. The zero-order valence-corrected chi connectivity index (χ0v) is 15.1. The molecule has 0 bridgehead atoms. The summed E-state index contributed by atoms with van der Waals surface area (Å²) in [6.07, 6.45) is 8.57. The first kappa shape index (κ1) is 18.1. The van der Waals surface area contributed by atoms with Crippen LogP contribution in [0.25, 0.3) is 0 Å². The summed E-state index contributed by atoms with van der Waals surface area (Å²) in [6, 6.07) is 0.385. The highest BCUT2D eigenvalue weighted by molar-refractivity contribution is 5.82. The average molecular weight is 323 g/mol. The molecule has 1 heterocycles. The lowest BCUT2D eigenvalue weighted by Gasteiger charge is -2.38. The van der Waals surface area contributed by atoms with Gasteiger partial charge in [0.25, 0.3) is 0 Å². The van der Waals surface area contributed by atoms with Crippen LogP contribution >= 0.6 is 0 Å². The van der Waals surface area contributed by atoms with Gasteiger partial charge in [0.1, 0.15) is 0 Å². The topological polar surface area (TPSA) is 52.7 Å². The van der Waals surface area contributed by atoms with Gasteiger partial charge in [0.05, 0.1) is 0 Å². The second-order valence-electron chi connectivity index (χ2n) is 8.02. The predicted octanol–water partition coefficient (Wildman–Crippen LogP) is 3.00. The Labute approximate surface area is 140 Å². The van der Waals surface area contributed by atoms with Crippen LogP contribution in [-0.4, -0.2) is 54.0 Å². The van der Waals surface area contributed by atoms with Crippen LogP contribution in [0.4, 0.5) is 4.79 Å². The number of rotatable bonds is 1. The van der Waals surface area contributed by atoms with Gasteiger partial charge in [-0.2, -0.15) is 0 Å². The lowest BCUT2D eigenvalue weighted by molar-refractivity contribution is -0.140. The Bertz CT molecular complexity index is 401. The maximum atomic E-state index is 12.4. The molecule has 0 aromatic heterocycles. The molecule has 2 aliphatic rings. The summed E-state index contributed by atoms with van der Waals surface area (Å²) >= 11 is 0. The first-order valence-corrected chi connectivity index (χ1v) is 9.23. The first-order chi connectivity index (χ1) is 10.9. The van der Waals surface area contributed by atoms with Crippen molar-refractivity contribution >= 4 is 11.9 Å². The van der Waals surface area contributed by atoms with Crippen LogP contribution in [0.3, 0.4) is 0 Å². The Hall–Kier alpha value is -1.26. The molecule has 0 radical (unpaired) electrons. The third kappa shape index (κ3) is 5.40. The predicted molar refractivity (Wildman–Crippen MR) is 92.2 cm³/mol. The van der Waals surface area contributed by atoms with E-state index in [9.17, 15) is 9.59 Å². The summed E-state index contributed by atoms with van der Waals surface area (Å²) in [7, 11) is 0. The van der Waals surface area contributed by atoms with Gasteiger partial charge < -0.3 is 15.1 Å². The van der Waals surface area contributed by atoms with Crippen molar-refractivity contribution in [1.82, 2.24) is 15.1 Å². The summed E-state index contributed by atoms with van der Waals surface area (Å²) in [5, 5.41) is 3.21. The van der Waals surface area contributed by atoms with Crippen molar-refractivity contribution in [3.63, 3.8) is 0 Å². The van der Waals surface area contributed by atoms with E-state index in [1.54, 1.807) is 0 Å². The molecule has 0 aromatic carbocycles. The molecule has 1 saturated heterocycles. The van der Waals surface area contributed by atoms with E-state index in [4.69, 9.17) is 0 Å². The van der Waals surface area contributed by atoms with Crippen LogP contribution in [0.2, 0.25) is 0 Å². The highest BCUT2D eigenvalue weighted by Gasteiger charge is 2.31. The smallest absolute Gasteiger partial charge is 0.317 e. The van der Waals surface area contributed by atoms with Crippen molar-refractivity contribution in [2.24, 2.45) is 5.41 Å². The van der Waals surface area contributed by atoms with Crippen molar-refractivity contribution in [2.45, 2.75) is 71.8 Å². The molecule has 1 aliphatic carbocycles. The van der Waals surface area contributed by atoms with Crippen LogP contribution in [0.1, 0.15) is 65.7 Å². The highest BCUT2D eigenvalue weighted by atomic mass is 16.2. The molecular formula is C18H33N3O2. The number of nitrogens with one attached hydrogen (secondary N) is 1. The monoisotopic (exact) mass is 323 g/mol. The van der Waals surface area contributed by atoms with E-state index in [0.29, 0.717) is 32.2 Å². The number of piperazine rings is 1. The maximum absolute atomic E-state index is 12.4. The van der Waals surface area contributed by atoms with Crippen LogP contribution in [0, 0.1) is 5.41 Å². The number of nitrogens with zero attached hydrogens (tertiary/aromatic N) is 2. The number of hydrogen-bond acceptors (Lipinski definition) is 2. The quantitative estimate of drug-likeness (QED) is 0.806. The van der Waals surface area contributed by atoms with Gasteiger partial charge in [-0.15, -0.1) is 0 Å². The van der Waals surface area contributed by atoms with E-state index in [-0.39, 0.29) is 17.4 Å². The molecular weight excluding hydrogens is 290 g/mol. The fraction of sp³-hybridized carbons (Fsp3) is 0.889. The molecule has 132 valence electrons. The molecule has 2 fully saturated rings. The minimum Gasteiger partial charge on any atom is -0.339 e. The molecule has 0 spiro atoms. The summed E-state index contributed by atoms with van der Waals surface area (Å²) in [4.78, 5) is 28.5. The standard InChI is InChI=1S/C18H33N3O2/c1-18(2,3)16(22)20-11-13-21(14-12-20)17(23)19-15-9-7-5-4-6-8-10-15/h15H,4-14H2,1-3H3,(H,19,23). The van der Waals surface area contributed by atoms with Crippen molar-refractivity contribution < 1.29 is 9.59 Å². The lowest BCUT2D eigenvalue weighted by atomic mass is 9.94. The Balaban J connectivity index is 1.78. The molecule has 3 amide bonds. The van der Waals surface area contributed by atoms with E-state index >= 15 is 0 Å². The van der Waals surface area contributed by atoms with Gasteiger partial charge in [0.15, 0.2) is 0 Å². The van der Waals surface area contributed by atoms with Crippen molar-refractivity contribution in [3.05, 3.63) is 0 Å². The van der Waals surface area contributed by atoms with Gasteiger partial charge in [-0.3, -0.25) is 4.79 Å². The van der Waals surface area contributed by atoms with Gasteiger partial charge in [0.2, 0.25) is 5.91 Å². The third-order valence-corrected chi connectivity index (χ3v) is 4.93. The fourth-order valence-electron chi connectivity index (χ4n) is 3.45.